The zero-order chi connectivity index (χ0) is 14.0. The van der Waals surface area contributed by atoms with E-state index in [-0.39, 0.29) is 5.69 Å². The first-order chi connectivity index (χ1) is 9.08. The standard InChI is InChI=1S/C12H13N3O4/c1-7-11(12(16)17)13-14-15(7)9-5-4-8(18-2)6-10(9)19-3/h4-6H,1-3H3,(H,16,17). The lowest BCUT2D eigenvalue weighted by molar-refractivity contribution is 0.0689. The van der Waals surface area contributed by atoms with Crippen LogP contribution >= 0.6 is 0 Å². The summed E-state index contributed by atoms with van der Waals surface area (Å²) in [5, 5.41) is 16.4. The molecule has 0 saturated heterocycles. The third-order valence-electron chi connectivity index (χ3n) is 2.71. The molecule has 2 rings (SSSR count). The van der Waals surface area contributed by atoms with E-state index in [1.54, 1.807) is 32.2 Å². The number of rotatable bonds is 4. The number of benzene rings is 1. The van der Waals surface area contributed by atoms with E-state index < -0.39 is 5.97 Å². The maximum Gasteiger partial charge on any atom is 0.358 e. The van der Waals surface area contributed by atoms with Crippen molar-refractivity contribution in [2.75, 3.05) is 14.2 Å². The highest BCUT2D eigenvalue weighted by Crippen LogP contribution is 2.28. The smallest absolute Gasteiger partial charge is 0.358 e. The summed E-state index contributed by atoms with van der Waals surface area (Å²) < 4.78 is 11.8. The zero-order valence-corrected chi connectivity index (χ0v) is 10.7. The highest BCUT2D eigenvalue weighted by atomic mass is 16.5. The molecule has 1 aromatic heterocycles. The molecule has 0 fully saturated rings. The average molecular weight is 263 g/mol. The Morgan fingerprint density at radius 3 is 2.58 bits per heavy atom. The van der Waals surface area contributed by atoms with E-state index in [1.807, 2.05) is 0 Å². The van der Waals surface area contributed by atoms with Gasteiger partial charge in [0.25, 0.3) is 0 Å². The number of carboxylic acids is 1. The number of hydrogen-bond donors (Lipinski definition) is 1. The van der Waals surface area contributed by atoms with Crippen molar-refractivity contribution in [3.63, 3.8) is 0 Å². The Hall–Kier alpha value is -2.57. The number of aromatic nitrogens is 3. The number of hydrogen-bond acceptors (Lipinski definition) is 5. The van der Waals surface area contributed by atoms with E-state index >= 15 is 0 Å². The summed E-state index contributed by atoms with van der Waals surface area (Å²) in [5.41, 5.74) is 0.939. The summed E-state index contributed by atoms with van der Waals surface area (Å²) in [7, 11) is 3.07. The molecule has 0 spiro atoms. The summed E-state index contributed by atoms with van der Waals surface area (Å²) in [4.78, 5) is 11.0. The van der Waals surface area contributed by atoms with Crippen LogP contribution in [0.3, 0.4) is 0 Å². The zero-order valence-electron chi connectivity index (χ0n) is 10.7. The highest BCUT2D eigenvalue weighted by molar-refractivity contribution is 5.86. The van der Waals surface area contributed by atoms with Gasteiger partial charge in [0.2, 0.25) is 0 Å². The van der Waals surface area contributed by atoms with Crippen molar-refractivity contribution in [1.29, 1.82) is 0 Å². The van der Waals surface area contributed by atoms with Crippen LogP contribution in [0.5, 0.6) is 11.5 Å². The normalized spacial score (nSPS) is 10.3. The molecule has 0 aliphatic rings. The molecular weight excluding hydrogens is 250 g/mol. The topological polar surface area (TPSA) is 86.5 Å². The fraction of sp³-hybridized carbons (Fsp3) is 0.250. The van der Waals surface area contributed by atoms with E-state index in [2.05, 4.69) is 10.3 Å². The lowest BCUT2D eigenvalue weighted by atomic mass is 10.2. The molecule has 7 heteroatoms. The molecule has 0 aliphatic heterocycles. The number of nitrogens with zero attached hydrogens (tertiary/aromatic N) is 3. The molecule has 0 saturated carbocycles. The predicted molar refractivity (Wildman–Crippen MR) is 66.2 cm³/mol. The van der Waals surface area contributed by atoms with Crippen molar-refractivity contribution in [3.8, 4) is 17.2 Å². The van der Waals surface area contributed by atoms with Crippen molar-refractivity contribution in [2.24, 2.45) is 0 Å². The van der Waals surface area contributed by atoms with Gasteiger partial charge in [-0.2, -0.15) is 0 Å². The van der Waals surface area contributed by atoms with E-state index in [4.69, 9.17) is 14.6 Å². The van der Waals surface area contributed by atoms with Gasteiger partial charge in [0, 0.05) is 6.07 Å². The van der Waals surface area contributed by atoms with Crippen LogP contribution in [0.25, 0.3) is 5.69 Å². The fourth-order valence-corrected chi connectivity index (χ4v) is 1.72. The number of aromatic carboxylic acids is 1. The van der Waals surface area contributed by atoms with Gasteiger partial charge in [-0.25, -0.2) is 9.48 Å². The first-order valence-electron chi connectivity index (χ1n) is 5.46. The van der Waals surface area contributed by atoms with Crippen molar-refractivity contribution in [2.45, 2.75) is 6.92 Å². The molecule has 0 atom stereocenters. The van der Waals surface area contributed by atoms with Crippen molar-refractivity contribution in [1.82, 2.24) is 15.0 Å². The number of carboxylic acid groups (broad SMARTS) is 1. The molecule has 0 bridgehead atoms. The van der Waals surface area contributed by atoms with Gasteiger partial charge in [0.15, 0.2) is 5.69 Å². The maximum absolute atomic E-state index is 11.0. The van der Waals surface area contributed by atoms with Crippen LogP contribution < -0.4 is 9.47 Å². The van der Waals surface area contributed by atoms with E-state index in [0.717, 1.165) is 0 Å². The molecule has 1 aromatic carbocycles. The maximum atomic E-state index is 11.0. The Balaban J connectivity index is 2.55. The fourth-order valence-electron chi connectivity index (χ4n) is 1.72. The molecule has 0 aliphatic carbocycles. The first-order valence-corrected chi connectivity index (χ1v) is 5.46. The summed E-state index contributed by atoms with van der Waals surface area (Å²) in [5.74, 6) is 0.0392. The number of methoxy groups -OCH3 is 2. The third-order valence-corrected chi connectivity index (χ3v) is 2.71. The van der Waals surface area contributed by atoms with Gasteiger partial charge in [-0.1, -0.05) is 5.21 Å². The lowest BCUT2D eigenvalue weighted by Crippen LogP contribution is -2.04. The van der Waals surface area contributed by atoms with Crippen LogP contribution in [-0.4, -0.2) is 40.3 Å². The Labute approximate surface area is 109 Å². The van der Waals surface area contributed by atoms with Crippen LogP contribution in [0, 0.1) is 6.92 Å². The van der Waals surface area contributed by atoms with Crippen molar-refractivity contribution >= 4 is 5.97 Å². The van der Waals surface area contributed by atoms with Crippen LogP contribution in [0.2, 0.25) is 0 Å². The molecule has 0 amide bonds. The van der Waals surface area contributed by atoms with Crippen LogP contribution in [0.15, 0.2) is 18.2 Å². The molecule has 2 aromatic rings. The minimum absolute atomic E-state index is 0.0853. The van der Waals surface area contributed by atoms with Gasteiger partial charge < -0.3 is 14.6 Å². The Kier molecular flexibility index (Phi) is 3.37. The molecule has 7 nitrogen and oxygen atoms in total. The van der Waals surface area contributed by atoms with Crippen LogP contribution in [-0.2, 0) is 0 Å². The quantitative estimate of drug-likeness (QED) is 0.894. The minimum atomic E-state index is -1.11. The van der Waals surface area contributed by atoms with Gasteiger partial charge in [0.1, 0.15) is 17.2 Å². The Morgan fingerprint density at radius 1 is 1.32 bits per heavy atom. The molecule has 100 valence electrons. The van der Waals surface area contributed by atoms with E-state index in [0.29, 0.717) is 22.9 Å². The first kappa shape index (κ1) is 12.9. The summed E-state index contributed by atoms with van der Waals surface area (Å²) >= 11 is 0. The van der Waals surface area contributed by atoms with Gasteiger partial charge in [-0.3, -0.25) is 0 Å². The molecule has 0 radical (unpaired) electrons. The minimum Gasteiger partial charge on any atom is -0.497 e. The molecular formula is C12H13N3O4. The monoisotopic (exact) mass is 263 g/mol. The lowest BCUT2D eigenvalue weighted by Gasteiger charge is -2.10. The molecule has 0 unspecified atom stereocenters. The average Bonchev–Trinajstić information content (AvgIpc) is 2.79. The highest BCUT2D eigenvalue weighted by Gasteiger charge is 2.18. The molecule has 19 heavy (non-hydrogen) atoms. The second kappa shape index (κ2) is 4.97. The number of carbonyl (C=O) groups is 1. The third kappa shape index (κ3) is 2.22. The van der Waals surface area contributed by atoms with Gasteiger partial charge in [-0.05, 0) is 19.1 Å². The van der Waals surface area contributed by atoms with Crippen LogP contribution in [0.4, 0.5) is 0 Å². The number of ether oxygens (including phenoxy) is 2. The summed E-state index contributed by atoms with van der Waals surface area (Å²) in [6.07, 6.45) is 0. The largest absolute Gasteiger partial charge is 0.497 e. The van der Waals surface area contributed by atoms with Crippen LogP contribution in [0.1, 0.15) is 16.2 Å². The van der Waals surface area contributed by atoms with Gasteiger partial charge >= 0.3 is 5.97 Å². The Morgan fingerprint density at radius 2 is 2.05 bits per heavy atom. The predicted octanol–water partition coefficient (Wildman–Crippen LogP) is 1.29. The second-order valence-corrected chi connectivity index (χ2v) is 3.78. The second-order valence-electron chi connectivity index (χ2n) is 3.78. The van der Waals surface area contributed by atoms with Gasteiger partial charge in [-0.15, -0.1) is 5.10 Å². The van der Waals surface area contributed by atoms with E-state index in [1.165, 1.54) is 11.8 Å². The Bertz CT molecular complexity index is 621. The van der Waals surface area contributed by atoms with Crippen molar-refractivity contribution < 1.29 is 19.4 Å². The van der Waals surface area contributed by atoms with Crippen molar-refractivity contribution in [3.05, 3.63) is 29.6 Å². The molecule has 1 N–H and O–H groups in total. The summed E-state index contributed by atoms with van der Waals surface area (Å²) in [6.45, 7) is 1.63. The van der Waals surface area contributed by atoms with Gasteiger partial charge in [0.05, 0.1) is 19.9 Å². The molecule has 1 heterocycles. The SMILES string of the molecule is COc1ccc(-n2nnc(C(=O)O)c2C)c(OC)c1. The summed E-state index contributed by atoms with van der Waals surface area (Å²) in [6, 6.07) is 5.15. The van der Waals surface area contributed by atoms with E-state index in [9.17, 15) is 4.79 Å².